The van der Waals surface area contributed by atoms with Gasteiger partial charge in [-0.2, -0.15) is 0 Å². The zero-order valence-corrected chi connectivity index (χ0v) is 22.2. The summed E-state index contributed by atoms with van der Waals surface area (Å²) in [5, 5.41) is 2.59. The highest BCUT2D eigenvalue weighted by atomic mass is 19.1. The predicted molar refractivity (Wildman–Crippen MR) is 137 cm³/mol. The van der Waals surface area contributed by atoms with E-state index in [9.17, 15) is 23.2 Å². The van der Waals surface area contributed by atoms with E-state index in [0.717, 1.165) is 54.2 Å². The van der Waals surface area contributed by atoms with Gasteiger partial charge in [-0.15, -0.1) is 0 Å². The first-order chi connectivity index (χ1) is 17.4. The van der Waals surface area contributed by atoms with Crippen molar-refractivity contribution in [2.24, 2.45) is 0 Å². The lowest BCUT2D eigenvalue weighted by Gasteiger charge is -2.37. The van der Waals surface area contributed by atoms with Gasteiger partial charge in [-0.05, 0) is 80.8 Å². The highest BCUT2D eigenvalue weighted by Crippen LogP contribution is 2.36. The largest absolute Gasteiger partial charge is 0.444 e. The summed E-state index contributed by atoms with van der Waals surface area (Å²) in [6.45, 7) is 8.27. The van der Waals surface area contributed by atoms with Gasteiger partial charge in [-0.1, -0.05) is 25.1 Å². The molecule has 2 atom stereocenters. The first kappa shape index (κ1) is 28.3. The summed E-state index contributed by atoms with van der Waals surface area (Å²) in [5.74, 6) is -2.46. The number of rotatable bonds is 8. The molecule has 37 heavy (non-hydrogen) atoms. The Balaban J connectivity index is 1.95. The Morgan fingerprint density at radius 2 is 1.76 bits per heavy atom. The number of benzene rings is 2. The van der Waals surface area contributed by atoms with Crippen molar-refractivity contribution in [3.05, 3.63) is 70.3 Å². The van der Waals surface area contributed by atoms with Gasteiger partial charge in [0.25, 0.3) is 0 Å². The molecule has 1 N–H and O–H groups in total. The van der Waals surface area contributed by atoms with Gasteiger partial charge in [0.2, 0.25) is 5.91 Å². The predicted octanol–water partition coefficient (Wildman–Crippen LogP) is 5.46. The van der Waals surface area contributed by atoms with E-state index >= 15 is 0 Å². The van der Waals surface area contributed by atoms with E-state index in [-0.39, 0.29) is 24.6 Å². The van der Waals surface area contributed by atoms with Crippen molar-refractivity contribution < 1.29 is 27.9 Å². The number of nitrogens with one attached hydrogen (secondary N) is 1. The van der Waals surface area contributed by atoms with E-state index in [1.54, 1.807) is 20.8 Å². The summed E-state index contributed by atoms with van der Waals surface area (Å²) in [6, 6.07) is 7.78. The average Bonchev–Trinajstić information content (AvgIpc) is 2.79. The maximum Gasteiger partial charge on any atom is 0.411 e. The Hall–Kier alpha value is -3.29. The van der Waals surface area contributed by atoms with Crippen LogP contribution in [0.3, 0.4) is 0 Å². The molecule has 8 heteroatoms. The van der Waals surface area contributed by atoms with Crippen LogP contribution in [-0.2, 0) is 33.6 Å². The molecule has 3 rings (SSSR count). The van der Waals surface area contributed by atoms with E-state index in [2.05, 4.69) is 30.4 Å². The van der Waals surface area contributed by atoms with E-state index in [1.165, 1.54) is 11.8 Å². The molecule has 0 aliphatic heterocycles. The van der Waals surface area contributed by atoms with Crippen LogP contribution in [0, 0.1) is 11.6 Å². The summed E-state index contributed by atoms with van der Waals surface area (Å²) in [5.41, 5.74) is 2.70. The molecule has 2 aromatic carbocycles. The molecule has 0 radical (unpaired) electrons. The number of Topliss-reactive ketones (excluding diaryl/α,β-unsaturated/α-hetero) is 1. The number of carbonyl (C=O) groups excluding carboxylic acids is 3. The molecular weight excluding hydrogens is 478 g/mol. The van der Waals surface area contributed by atoms with Crippen molar-refractivity contribution >= 4 is 17.8 Å². The van der Waals surface area contributed by atoms with Gasteiger partial charge in [0, 0.05) is 19.4 Å². The smallest absolute Gasteiger partial charge is 0.411 e. The number of hydrogen-bond acceptors (Lipinski definition) is 4. The number of ether oxygens (including phenoxy) is 1. The first-order valence-corrected chi connectivity index (χ1v) is 12.7. The second-order valence-electron chi connectivity index (χ2n) is 10.6. The number of amides is 2. The normalized spacial score (nSPS) is 15.9. The lowest BCUT2D eigenvalue weighted by molar-refractivity contribution is -0.127. The number of fused-ring (bicyclic) bond motifs is 1. The van der Waals surface area contributed by atoms with Crippen LogP contribution in [0.5, 0.6) is 0 Å². The molecule has 0 unspecified atom stereocenters. The van der Waals surface area contributed by atoms with Crippen LogP contribution in [0.2, 0.25) is 0 Å². The third kappa shape index (κ3) is 7.84. The van der Waals surface area contributed by atoms with E-state index in [4.69, 9.17) is 4.74 Å². The van der Waals surface area contributed by atoms with E-state index < -0.39 is 41.1 Å². The Bertz CT molecular complexity index is 1140. The van der Waals surface area contributed by atoms with Gasteiger partial charge in [-0.3, -0.25) is 14.5 Å². The second-order valence-corrected chi connectivity index (χ2v) is 10.6. The summed E-state index contributed by atoms with van der Waals surface area (Å²) in [7, 11) is 0. The molecule has 0 aromatic heterocycles. The van der Waals surface area contributed by atoms with E-state index in [0.29, 0.717) is 6.42 Å². The standard InChI is InChI=1S/C29H36F2N2O4/c1-6-19-10-11-21-8-7-9-26(24(21)14-19)33(28(36)37-29(3,4)5)17-27(35)25(32-18(2)34)15-20-12-22(30)16-23(31)13-20/h10-14,16,25-26H,6-9,15,17H2,1-5H3,(H,32,34)/t25-,26+/m0/s1. The Labute approximate surface area is 217 Å². The van der Waals surface area contributed by atoms with Crippen molar-refractivity contribution in [1.82, 2.24) is 10.2 Å². The van der Waals surface area contributed by atoms with Gasteiger partial charge in [-0.25, -0.2) is 13.6 Å². The summed E-state index contributed by atoms with van der Waals surface area (Å²) >= 11 is 0. The zero-order valence-electron chi connectivity index (χ0n) is 22.2. The number of ketones is 1. The summed E-state index contributed by atoms with van der Waals surface area (Å²) in [6.07, 6.45) is 2.47. The highest BCUT2D eigenvalue weighted by molar-refractivity contribution is 5.92. The molecule has 0 bridgehead atoms. The Morgan fingerprint density at radius 3 is 2.35 bits per heavy atom. The van der Waals surface area contributed by atoms with Crippen LogP contribution < -0.4 is 5.32 Å². The number of halogens is 2. The fourth-order valence-electron chi connectivity index (χ4n) is 4.72. The molecule has 0 spiro atoms. The minimum absolute atomic E-state index is 0.115. The maximum absolute atomic E-state index is 13.8. The molecule has 200 valence electrons. The topological polar surface area (TPSA) is 75.7 Å². The molecule has 2 amide bonds. The van der Waals surface area contributed by atoms with Gasteiger partial charge in [0.1, 0.15) is 17.2 Å². The van der Waals surface area contributed by atoms with E-state index in [1.807, 2.05) is 0 Å². The molecule has 0 fully saturated rings. The highest BCUT2D eigenvalue weighted by Gasteiger charge is 2.35. The summed E-state index contributed by atoms with van der Waals surface area (Å²) < 4.78 is 33.2. The van der Waals surface area contributed by atoms with Crippen LogP contribution >= 0.6 is 0 Å². The van der Waals surface area contributed by atoms with Crippen LogP contribution in [0.1, 0.15) is 75.8 Å². The van der Waals surface area contributed by atoms with Crippen LogP contribution in [0.15, 0.2) is 36.4 Å². The van der Waals surface area contributed by atoms with Crippen molar-refractivity contribution in [3.8, 4) is 0 Å². The van der Waals surface area contributed by atoms with Crippen LogP contribution in [0.25, 0.3) is 0 Å². The fourth-order valence-corrected chi connectivity index (χ4v) is 4.72. The van der Waals surface area contributed by atoms with Crippen molar-refractivity contribution in [1.29, 1.82) is 0 Å². The minimum atomic E-state index is -1.08. The third-order valence-corrected chi connectivity index (χ3v) is 6.36. The third-order valence-electron chi connectivity index (χ3n) is 6.36. The molecule has 2 aromatic rings. The fraction of sp³-hybridized carbons (Fsp3) is 0.483. The van der Waals surface area contributed by atoms with Gasteiger partial charge in [0.05, 0.1) is 18.6 Å². The number of carbonyl (C=O) groups is 3. The van der Waals surface area contributed by atoms with Crippen molar-refractivity contribution in [2.75, 3.05) is 6.54 Å². The number of aryl methyl sites for hydroxylation is 2. The van der Waals surface area contributed by atoms with Gasteiger partial charge in [0.15, 0.2) is 5.78 Å². The molecule has 0 saturated carbocycles. The molecule has 0 saturated heterocycles. The minimum Gasteiger partial charge on any atom is -0.444 e. The van der Waals surface area contributed by atoms with Crippen LogP contribution in [0.4, 0.5) is 13.6 Å². The Morgan fingerprint density at radius 1 is 1.08 bits per heavy atom. The number of nitrogens with zero attached hydrogens (tertiary/aromatic N) is 1. The quantitative estimate of drug-likeness (QED) is 0.508. The summed E-state index contributed by atoms with van der Waals surface area (Å²) in [4.78, 5) is 40.3. The second kappa shape index (κ2) is 11.8. The monoisotopic (exact) mass is 514 g/mol. The van der Waals surface area contributed by atoms with Gasteiger partial charge >= 0.3 is 6.09 Å². The Kier molecular flexibility index (Phi) is 9.05. The SMILES string of the molecule is CCc1ccc2c(c1)[C@H](N(CC(=O)[C@H](Cc1cc(F)cc(F)c1)NC(C)=O)C(=O)OC(C)(C)C)CCC2. The molecule has 1 aliphatic carbocycles. The lowest BCUT2D eigenvalue weighted by atomic mass is 9.85. The maximum atomic E-state index is 13.8. The number of hydrogen-bond donors (Lipinski definition) is 1. The molecule has 1 aliphatic rings. The van der Waals surface area contributed by atoms with Gasteiger partial charge < -0.3 is 10.1 Å². The van der Waals surface area contributed by atoms with Crippen LogP contribution in [-0.4, -0.2) is 40.9 Å². The zero-order chi connectivity index (χ0) is 27.3. The molecule has 6 nitrogen and oxygen atoms in total. The first-order valence-electron chi connectivity index (χ1n) is 12.7. The van der Waals surface area contributed by atoms with Crippen molar-refractivity contribution in [3.63, 3.8) is 0 Å². The average molecular weight is 515 g/mol. The van der Waals surface area contributed by atoms with Crippen molar-refractivity contribution in [2.45, 2.75) is 84.4 Å². The molecular formula is C29H36F2N2O4. The molecule has 0 heterocycles. The lowest BCUT2D eigenvalue weighted by Crippen LogP contribution is -2.49.